The Morgan fingerprint density at radius 2 is 2.06 bits per heavy atom. The summed E-state index contributed by atoms with van der Waals surface area (Å²) in [6.45, 7) is 4.81. The third-order valence-electron chi connectivity index (χ3n) is 3.83. The zero-order chi connectivity index (χ0) is 13.3. The molecular weight excluding hydrogens is 236 g/mol. The molecule has 2 rings (SSSR count). The van der Waals surface area contributed by atoms with Crippen LogP contribution in [0, 0.1) is 0 Å². The third kappa shape index (κ3) is 2.29. The first kappa shape index (κ1) is 13.1. The fourth-order valence-corrected chi connectivity index (χ4v) is 2.39. The molecule has 2 atom stereocenters. The Morgan fingerprint density at radius 1 is 1.39 bits per heavy atom. The van der Waals surface area contributed by atoms with E-state index in [1.807, 2.05) is 13.8 Å². The minimum absolute atomic E-state index is 0.00545. The molecule has 2 unspecified atom stereocenters. The van der Waals surface area contributed by atoms with E-state index in [4.69, 9.17) is 4.74 Å². The summed E-state index contributed by atoms with van der Waals surface area (Å²) in [5, 5.41) is 11.9. The molecule has 2 aliphatic rings. The lowest BCUT2D eigenvalue weighted by Crippen LogP contribution is -2.64. The second kappa shape index (κ2) is 4.76. The first-order valence-electron chi connectivity index (χ1n) is 6.38. The number of nitrogens with zero attached hydrogens (tertiary/aromatic N) is 1. The molecular formula is C12H20N2O4. The van der Waals surface area contributed by atoms with E-state index in [0.717, 1.165) is 6.42 Å². The SMILES string of the molecule is CC1CN(C(=O)NC2(C(=O)O)CCC2)C(C)CO1. The van der Waals surface area contributed by atoms with E-state index < -0.39 is 11.5 Å². The first-order chi connectivity index (χ1) is 8.44. The summed E-state index contributed by atoms with van der Waals surface area (Å²) in [5.41, 5.74) is -1.04. The van der Waals surface area contributed by atoms with Crippen LogP contribution >= 0.6 is 0 Å². The van der Waals surface area contributed by atoms with Gasteiger partial charge in [0, 0.05) is 6.54 Å². The number of amides is 2. The van der Waals surface area contributed by atoms with Crippen molar-refractivity contribution in [1.29, 1.82) is 0 Å². The molecule has 2 N–H and O–H groups in total. The zero-order valence-electron chi connectivity index (χ0n) is 10.8. The van der Waals surface area contributed by atoms with Gasteiger partial charge in [0.05, 0.1) is 18.8 Å². The van der Waals surface area contributed by atoms with Crippen LogP contribution in [0.15, 0.2) is 0 Å². The van der Waals surface area contributed by atoms with Gasteiger partial charge in [-0.2, -0.15) is 0 Å². The molecule has 2 fully saturated rings. The molecule has 1 aliphatic heterocycles. The minimum atomic E-state index is -1.04. The van der Waals surface area contributed by atoms with E-state index in [1.54, 1.807) is 4.90 Å². The fraction of sp³-hybridized carbons (Fsp3) is 0.833. The molecule has 1 heterocycles. The number of ether oxygens (including phenoxy) is 1. The summed E-state index contributed by atoms with van der Waals surface area (Å²) < 4.78 is 5.45. The molecule has 0 aromatic carbocycles. The normalized spacial score (nSPS) is 30.4. The maximum atomic E-state index is 12.2. The van der Waals surface area contributed by atoms with Crippen molar-refractivity contribution in [2.24, 2.45) is 0 Å². The molecule has 0 aromatic rings. The van der Waals surface area contributed by atoms with Gasteiger partial charge in [0.15, 0.2) is 0 Å². The van der Waals surface area contributed by atoms with Crippen molar-refractivity contribution in [3.8, 4) is 0 Å². The Labute approximate surface area is 106 Å². The lowest BCUT2D eigenvalue weighted by molar-refractivity contribution is -0.148. The molecule has 0 spiro atoms. The maximum Gasteiger partial charge on any atom is 0.329 e. The Morgan fingerprint density at radius 3 is 2.56 bits per heavy atom. The highest BCUT2D eigenvalue weighted by Gasteiger charge is 2.47. The number of aliphatic carboxylic acids is 1. The summed E-state index contributed by atoms with van der Waals surface area (Å²) in [4.78, 5) is 25.0. The number of rotatable bonds is 2. The van der Waals surface area contributed by atoms with Crippen LogP contribution in [0.25, 0.3) is 0 Å². The predicted octanol–water partition coefficient (Wildman–Crippen LogP) is 0.812. The Kier molecular flexibility index (Phi) is 3.47. The fourth-order valence-electron chi connectivity index (χ4n) is 2.39. The number of carbonyl (C=O) groups is 2. The van der Waals surface area contributed by atoms with Gasteiger partial charge in [-0.05, 0) is 33.1 Å². The number of hydrogen-bond acceptors (Lipinski definition) is 3. The first-order valence-corrected chi connectivity index (χ1v) is 6.38. The second-order valence-corrected chi connectivity index (χ2v) is 5.32. The maximum absolute atomic E-state index is 12.2. The monoisotopic (exact) mass is 256 g/mol. The molecule has 0 aromatic heterocycles. The second-order valence-electron chi connectivity index (χ2n) is 5.32. The van der Waals surface area contributed by atoms with Crippen molar-refractivity contribution >= 4 is 12.0 Å². The van der Waals surface area contributed by atoms with Gasteiger partial charge in [-0.3, -0.25) is 0 Å². The molecule has 6 nitrogen and oxygen atoms in total. The predicted molar refractivity (Wildman–Crippen MR) is 64.3 cm³/mol. The number of carbonyl (C=O) groups excluding carboxylic acids is 1. The molecule has 1 saturated heterocycles. The smallest absolute Gasteiger partial charge is 0.329 e. The highest BCUT2D eigenvalue weighted by atomic mass is 16.5. The van der Waals surface area contributed by atoms with Crippen molar-refractivity contribution in [1.82, 2.24) is 10.2 Å². The number of carboxylic acid groups (broad SMARTS) is 1. The number of hydrogen-bond donors (Lipinski definition) is 2. The third-order valence-corrected chi connectivity index (χ3v) is 3.83. The van der Waals surface area contributed by atoms with Gasteiger partial charge >= 0.3 is 12.0 Å². The van der Waals surface area contributed by atoms with E-state index in [1.165, 1.54) is 0 Å². The molecule has 1 aliphatic carbocycles. The van der Waals surface area contributed by atoms with Crippen LogP contribution in [0.1, 0.15) is 33.1 Å². The Hall–Kier alpha value is -1.30. The average molecular weight is 256 g/mol. The van der Waals surface area contributed by atoms with Gasteiger partial charge in [0.1, 0.15) is 5.54 Å². The van der Waals surface area contributed by atoms with Crippen molar-refractivity contribution in [2.45, 2.75) is 50.8 Å². The quantitative estimate of drug-likeness (QED) is 0.766. The van der Waals surface area contributed by atoms with Gasteiger partial charge in [-0.1, -0.05) is 0 Å². The van der Waals surface area contributed by atoms with E-state index in [9.17, 15) is 14.7 Å². The lowest BCUT2D eigenvalue weighted by Gasteiger charge is -2.42. The summed E-state index contributed by atoms with van der Waals surface area (Å²) in [6, 6.07) is -0.313. The van der Waals surface area contributed by atoms with Crippen molar-refractivity contribution in [3.05, 3.63) is 0 Å². The van der Waals surface area contributed by atoms with Crippen LogP contribution in [-0.2, 0) is 9.53 Å². The average Bonchev–Trinajstić information content (AvgIpc) is 2.26. The Bertz CT molecular complexity index is 354. The summed E-state index contributed by atoms with van der Waals surface area (Å²) in [7, 11) is 0. The van der Waals surface area contributed by atoms with Crippen molar-refractivity contribution < 1.29 is 19.4 Å². The molecule has 18 heavy (non-hydrogen) atoms. The van der Waals surface area contributed by atoms with Gasteiger partial charge in [-0.15, -0.1) is 0 Å². The van der Waals surface area contributed by atoms with E-state index in [-0.39, 0.29) is 18.2 Å². The van der Waals surface area contributed by atoms with Gasteiger partial charge < -0.3 is 20.1 Å². The van der Waals surface area contributed by atoms with E-state index in [0.29, 0.717) is 26.0 Å². The van der Waals surface area contributed by atoms with E-state index >= 15 is 0 Å². The van der Waals surface area contributed by atoms with Gasteiger partial charge in [-0.25, -0.2) is 9.59 Å². The molecule has 1 saturated carbocycles. The van der Waals surface area contributed by atoms with Crippen LogP contribution in [-0.4, -0.2) is 52.8 Å². The highest BCUT2D eigenvalue weighted by Crippen LogP contribution is 2.32. The van der Waals surface area contributed by atoms with Crippen LogP contribution in [0.2, 0.25) is 0 Å². The zero-order valence-corrected chi connectivity index (χ0v) is 10.8. The van der Waals surface area contributed by atoms with Crippen molar-refractivity contribution in [3.63, 3.8) is 0 Å². The standard InChI is InChI=1S/C12H20N2O4/c1-8-7-18-9(2)6-14(8)11(17)13-12(10(15)16)4-3-5-12/h8-9H,3-7H2,1-2H3,(H,13,17)(H,15,16). The highest BCUT2D eigenvalue weighted by molar-refractivity contribution is 5.87. The number of carboxylic acids is 1. The van der Waals surface area contributed by atoms with Crippen molar-refractivity contribution in [2.75, 3.05) is 13.2 Å². The Balaban J connectivity index is 2.00. The molecule has 0 bridgehead atoms. The van der Waals surface area contributed by atoms with Crippen LogP contribution in [0.4, 0.5) is 4.79 Å². The van der Waals surface area contributed by atoms with Crippen LogP contribution in [0.5, 0.6) is 0 Å². The summed E-state index contributed by atoms with van der Waals surface area (Å²) in [5.74, 6) is -0.934. The van der Waals surface area contributed by atoms with E-state index in [2.05, 4.69) is 5.32 Å². The molecule has 6 heteroatoms. The van der Waals surface area contributed by atoms with Crippen LogP contribution < -0.4 is 5.32 Å². The summed E-state index contributed by atoms with van der Waals surface area (Å²) >= 11 is 0. The molecule has 2 amide bonds. The largest absolute Gasteiger partial charge is 0.480 e. The topological polar surface area (TPSA) is 78.9 Å². The minimum Gasteiger partial charge on any atom is -0.480 e. The number of morpholine rings is 1. The van der Waals surface area contributed by atoms with Crippen LogP contribution in [0.3, 0.4) is 0 Å². The van der Waals surface area contributed by atoms with Gasteiger partial charge in [0.2, 0.25) is 0 Å². The molecule has 0 radical (unpaired) electrons. The number of nitrogens with one attached hydrogen (secondary N) is 1. The number of urea groups is 1. The molecule has 102 valence electrons. The lowest BCUT2D eigenvalue weighted by atomic mass is 9.77. The summed E-state index contributed by atoms with van der Waals surface area (Å²) in [6.07, 6.45) is 1.88. The van der Waals surface area contributed by atoms with Gasteiger partial charge in [0.25, 0.3) is 0 Å².